The van der Waals surface area contributed by atoms with E-state index in [1.807, 2.05) is 4.90 Å². The molecule has 0 saturated carbocycles. The van der Waals surface area contributed by atoms with E-state index >= 15 is 0 Å². The van der Waals surface area contributed by atoms with Crippen LogP contribution in [0.3, 0.4) is 0 Å². The summed E-state index contributed by atoms with van der Waals surface area (Å²) in [6.45, 7) is 1.82. The smallest absolute Gasteiger partial charge is 0.356 e. The van der Waals surface area contributed by atoms with E-state index in [0.29, 0.717) is 37.8 Å². The Morgan fingerprint density at radius 3 is 2.60 bits per heavy atom. The molecule has 1 saturated heterocycles. The molecule has 0 aliphatic carbocycles. The van der Waals surface area contributed by atoms with Crippen LogP contribution in [0, 0.1) is 5.82 Å². The topological polar surface area (TPSA) is 52.6 Å². The van der Waals surface area contributed by atoms with Crippen LogP contribution in [0.2, 0.25) is 0 Å². The molecule has 0 bridgehead atoms. The summed E-state index contributed by atoms with van der Waals surface area (Å²) < 4.78 is 51.7. The number of aliphatic imine (C=N–C) groups is 1. The minimum atomic E-state index is -4.32. The highest BCUT2D eigenvalue weighted by molar-refractivity contribution is 14.0. The third-order valence-corrected chi connectivity index (χ3v) is 4.78. The van der Waals surface area contributed by atoms with Gasteiger partial charge >= 0.3 is 6.18 Å². The normalized spacial score (nSPS) is 16.9. The molecule has 10 heteroatoms. The quantitative estimate of drug-likeness (QED) is 0.264. The van der Waals surface area contributed by atoms with Gasteiger partial charge in [-0.15, -0.1) is 24.0 Å². The number of hydrogen-bond donors (Lipinski definition) is 2. The van der Waals surface area contributed by atoms with Gasteiger partial charge in [-0.2, -0.15) is 13.2 Å². The average Bonchev–Trinajstić information content (AvgIpc) is 3.15. The fourth-order valence-electron chi connectivity index (χ4n) is 3.25. The number of hydrogen-bond acceptors (Lipinski definition) is 3. The molecular formula is C20H24F4IN5. The lowest BCUT2D eigenvalue weighted by atomic mass is 10.1. The predicted octanol–water partition coefficient (Wildman–Crippen LogP) is 3.84. The van der Waals surface area contributed by atoms with Gasteiger partial charge in [0, 0.05) is 38.9 Å². The summed E-state index contributed by atoms with van der Waals surface area (Å²) in [7, 11) is 1.65. The second-order valence-electron chi connectivity index (χ2n) is 6.83. The van der Waals surface area contributed by atoms with E-state index in [1.165, 1.54) is 18.2 Å². The lowest BCUT2D eigenvalue weighted by Crippen LogP contribution is -2.45. The number of rotatable bonds is 5. The molecule has 1 aliphatic heterocycles. The summed E-state index contributed by atoms with van der Waals surface area (Å²) in [5, 5.41) is 6.46. The Labute approximate surface area is 190 Å². The van der Waals surface area contributed by atoms with Gasteiger partial charge in [-0.25, -0.2) is 9.37 Å². The van der Waals surface area contributed by atoms with E-state index < -0.39 is 11.7 Å². The molecule has 2 aromatic rings. The Balaban J connectivity index is 0.00000320. The number of alkyl halides is 3. The fraction of sp³-hybridized carbons (Fsp3) is 0.400. The van der Waals surface area contributed by atoms with Crippen LogP contribution >= 0.6 is 24.0 Å². The molecule has 1 aromatic heterocycles. The Hall–Kier alpha value is -2.11. The van der Waals surface area contributed by atoms with Gasteiger partial charge in [0.1, 0.15) is 0 Å². The average molecular weight is 537 g/mol. The second kappa shape index (κ2) is 10.8. The molecule has 0 spiro atoms. The van der Waals surface area contributed by atoms with Crippen molar-refractivity contribution in [3.8, 4) is 0 Å². The first kappa shape index (κ1) is 24.2. The lowest BCUT2D eigenvalue weighted by molar-refractivity contribution is -0.137. The molecule has 0 amide bonds. The number of nitrogens with zero attached hydrogens (tertiary/aromatic N) is 3. The van der Waals surface area contributed by atoms with Gasteiger partial charge in [0.15, 0.2) is 17.6 Å². The molecule has 5 nitrogen and oxygen atoms in total. The van der Waals surface area contributed by atoms with Crippen molar-refractivity contribution >= 4 is 35.8 Å². The summed E-state index contributed by atoms with van der Waals surface area (Å²) >= 11 is 0. The summed E-state index contributed by atoms with van der Waals surface area (Å²) in [6.07, 6.45) is -1.37. The Morgan fingerprint density at radius 1 is 1.23 bits per heavy atom. The molecule has 30 heavy (non-hydrogen) atoms. The molecule has 1 aliphatic rings. The maximum Gasteiger partial charge on any atom is 0.416 e. The standard InChI is InChI=1S/C20H23F4N5.HI/c1-25-19(27-11-8-14-4-6-15(7-5-14)20(22,23)24)28-16-9-12-29(13-16)18-17(21)3-2-10-26-18;/h2-7,10,16H,8-9,11-13H2,1H3,(H2,25,27,28);1H. The van der Waals surface area contributed by atoms with Gasteiger partial charge < -0.3 is 15.5 Å². The Kier molecular flexibility index (Phi) is 8.68. The molecule has 1 aromatic carbocycles. The minimum absolute atomic E-state index is 0. The summed E-state index contributed by atoms with van der Waals surface area (Å²) in [6, 6.07) is 8.19. The van der Waals surface area contributed by atoms with Crippen LogP contribution in [0.15, 0.2) is 47.6 Å². The van der Waals surface area contributed by atoms with E-state index in [4.69, 9.17) is 0 Å². The van der Waals surface area contributed by atoms with Gasteiger partial charge in [0.25, 0.3) is 0 Å². The molecule has 2 N–H and O–H groups in total. The van der Waals surface area contributed by atoms with Gasteiger partial charge in [-0.3, -0.25) is 4.99 Å². The van der Waals surface area contributed by atoms with Crippen LogP contribution in [-0.4, -0.2) is 43.7 Å². The minimum Gasteiger partial charge on any atom is -0.356 e. The zero-order valence-electron chi connectivity index (χ0n) is 16.4. The Bertz CT molecular complexity index is 842. The zero-order chi connectivity index (χ0) is 20.9. The summed E-state index contributed by atoms with van der Waals surface area (Å²) in [4.78, 5) is 10.2. The Morgan fingerprint density at radius 2 is 1.97 bits per heavy atom. The van der Waals surface area contributed by atoms with E-state index in [0.717, 1.165) is 24.1 Å². The van der Waals surface area contributed by atoms with E-state index in [9.17, 15) is 17.6 Å². The zero-order valence-corrected chi connectivity index (χ0v) is 18.7. The third-order valence-electron chi connectivity index (χ3n) is 4.78. The van der Waals surface area contributed by atoms with Crippen molar-refractivity contribution in [2.24, 2.45) is 4.99 Å². The van der Waals surface area contributed by atoms with Gasteiger partial charge in [0.2, 0.25) is 0 Å². The summed E-state index contributed by atoms with van der Waals surface area (Å²) in [5.41, 5.74) is 0.153. The second-order valence-corrected chi connectivity index (χ2v) is 6.83. The van der Waals surface area contributed by atoms with E-state index in [2.05, 4.69) is 20.6 Å². The molecule has 1 atom stereocenters. The number of halogens is 5. The van der Waals surface area contributed by atoms with Crippen molar-refractivity contribution in [2.45, 2.75) is 25.1 Å². The maximum absolute atomic E-state index is 13.9. The van der Waals surface area contributed by atoms with Crippen molar-refractivity contribution in [2.75, 3.05) is 31.6 Å². The highest BCUT2D eigenvalue weighted by Gasteiger charge is 2.30. The predicted molar refractivity (Wildman–Crippen MR) is 120 cm³/mol. The number of anilines is 1. The van der Waals surface area contributed by atoms with E-state index in [1.54, 1.807) is 19.3 Å². The van der Waals surface area contributed by atoms with Crippen LogP contribution in [0.4, 0.5) is 23.4 Å². The first-order valence-corrected chi connectivity index (χ1v) is 9.35. The van der Waals surface area contributed by atoms with Crippen molar-refractivity contribution in [1.29, 1.82) is 0 Å². The molecule has 164 valence electrons. The lowest BCUT2D eigenvalue weighted by Gasteiger charge is -2.20. The van der Waals surface area contributed by atoms with Crippen LogP contribution in [0.25, 0.3) is 0 Å². The molecule has 1 unspecified atom stereocenters. The van der Waals surface area contributed by atoms with E-state index in [-0.39, 0.29) is 35.8 Å². The third kappa shape index (κ3) is 6.44. The number of guanidine groups is 1. The van der Waals surface area contributed by atoms with Crippen molar-refractivity contribution in [1.82, 2.24) is 15.6 Å². The SMILES string of the molecule is CN=C(NCCc1ccc(C(F)(F)F)cc1)NC1CCN(c2ncccc2F)C1.I. The van der Waals surface area contributed by atoms with Gasteiger partial charge in [-0.05, 0) is 42.7 Å². The molecule has 1 fully saturated rings. The van der Waals surface area contributed by atoms with Gasteiger partial charge in [0.05, 0.1) is 5.56 Å². The number of pyridine rings is 1. The van der Waals surface area contributed by atoms with Crippen molar-refractivity contribution in [3.05, 3.63) is 59.5 Å². The van der Waals surface area contributed by atoms with Crippen LogP contribution in [0.5, 0.6) is 0 Å². The highest BCUT2D eigenvalue weighted by atomic mass is 127. The molecule has 2 heterocycles. The molecule has 3 rings (SSSR count). The van der Waals surface area contributed by atoms with Crippen LogP contribution in [0.1, 0.15) is 17.5 Å². The van der Waals surface area contributed by atoms with Crippen LogP contribution in [-0.2, 0) is 12.6 Å². The largest absolute Gasteiger partial charge is 0.416 e. The molecule has 0 radical (unpaired) electrons. The monoisotopic (exact) mass is 537 g/mol. The first-order valence-electron chi connectivity index (χ1n) is 9.35. The summed E-state index contributed by atoms with van der Waals surface area (Å²) in [5.74, 6) is 0.611. The van der Waals surface area contributed by atoms with Gasteiger partial charge in [-0.1, -0.05) is 12.1 Å². The van der Waals surface area contributed by atoms with Crippen LogP contribution < -0.4 is 15.5 Å². The maximum atomic E-state index is 13.9. The number of nitrogens with one attached hydrogen (secondary N) is 2. The van der Waals surface area contributed by atoms with Crippen molar-refractivity contribution in [3.63, 3.8) is 0 Å². The first-order chi connectivity index (χ1) is 13.9. The van der Waals surface area contributed by atoms with Crippen molar-refractivity contribution < 1.29 is 17.6 Å². The number of aromatic nitrogens is 1. The fourth-order valence-corrected chi connectivity index (χ4v) is 3.25. The highest BCUT2D eigenvalue weighted by Crippen LogP contribution is 2.29. The molecular weight excluding hydrogens is 513 g/mol. The number of benzene rings is 1.